The topological polar surface area (TPSA) is 149 Å². The van der Waals surface area contributed by atoms with Gasteiger partial charge in [0.1, 0.15) is 30.5 Å². The number of hydrogen-bond acceptors (Lipinski definition) is 9. The Morgan fingerprint density at radius 2 is 1.94 bits per heavy atom. The van der Waals surface area contributed by atoms with Crippen LogP contribution < -0.4 is 9.47 Å². The van der Waals surface area contributed by atoms with Gasteiger partial charge in [0.05, 0.1) is 0 Å². The molecule has 6 unspecified atom stereocenters. The lowest BCUT2D eigenvalue weighted by atomic mass is 9.53. The Morgan fingerprint density at radius 1 is 1.15 bits per heavy atom. The highest BCUT2D eigenvalue weighted by molar-refractivity contribution is 5.73. The Labute approximate surface area is 189 Å². The highest BCUT2D eigenvalue weighted by Crippen LogP contribution is 2.62. The first-order valence-electron chi connectivity index (χ1n) is 11.2. The van der Waals surface area contributed by atoms with E-state index in [1.54, 1.807) is 12.1 Å². The van der Waals surface area contributed by atoms with E-state index in [0.717, 1.165) is 30.5 Å². The van der Waals surface area contributed by atoms with Gasteiger partial charge in [-0.25, -0.2) is 4.79 Å². The largest absolute Gasteiger partial charge is 0.482 e. The lowest BCUT2D eigenvalue weighted by molar-refractivity contribution is -0.271. The summed E-state index contributed by atoms with van der Waals surface area (Å²) in [6.45, 7) is 0.861. The van der Waals surface area contributed by atoms with Crippen molar-refractivity contribution in [2.24, 2.45) is 5.92 Å². The fraction of sp³-hybridized carbons (Fsp3) is 0.609. The van der Waals surface area contributed by atoms with E-state index < -0.39 is 54.3 Å². The molecule has 0 radical (unpaired) electrons. The van der Waals surface area contributed by atoms with E-state index in [9.17, 15) is 30.3 Å². The van der Waals surface area contributed by atoms with Crippen LogP contribution in [-0.2, 0) is 21.4 Å². The van der Waals surface area contributed by atoms with Crippen LogP contribution in [0.4, 0.5) is 0 Å². The minimum atomic E-state index is -1.80. The van der Waals surface area contributed by atoms with Gasteiger partial charge in [0.2, 0.25) is 6.29 Å². The van der Waals surface area contributed by atoms with Crippen molar-refractivity contribution in [2.75, 3.05) is 13.6 Å². The minimum absolute atomic E-state index is 0.165. The minimum Gasteiger partial charge on any atom is -0.482 e. The number of aliphatic hydroxyl groups is 4. The lowest BCUT2D eigenvalue weighted by Crippen LogP contribution is -2.64. The standard InChI is InChI=1S/C23H27NO9/c1-24-7-6-23-10-3-4-12(25)20(23)32-18-13(5-2-9(14(18)23)8-11(10)24)31-22-17(28)15(26)16(27)19(33-22)21(29)30/h2-5,10-12,15-17,19-20,22,25-28H,6-8H2,1H3,(H,29,30)/t10?,11-,12?,15?,16+,17-,19?,20?,22?,23+/m1/s1. The molecule has 10 nitrogen and oxygen atoms in total. The average molecular weight is 461 g/mol. The summed E-state index contributed by atoms with van der Waals surface area (Å²) in [6, 6.07) is 3.90. The van der Waals surface area contributed by atoms with Crippen LogP contribution in [0.2, 0.25) is 0 Å². The molecule has 3 heterocycles. The third kappa shape index (κ3) is 2.73. The van der Waals surface area contributed by atoms with E-state index >= 15 is 0 Å². The van der Waals surface area contributed by atoms with Gasteiger partial charge < -0.3 is 44.6 Å². The number of ether oxygens (including phenoxy) is 3. The number of aliphatic hydroxyl groups excluding tert-OH is 4. The van der Waals surface area contributed by atoms with Crippen molar-refractivity contribution in [1.82, 2.24) is 4.90 Å². The second kappa shape index (κ2) is 7.14. The highest BCUT2D eigenvalue weighted by atomic mass is 16.7. The number of likely N-dealkylation sites (N-methyl/N-ethyl adjacent to an activating group) is 1. The number of carboxylic acids is 1. The van der Waals surface area contributed by atoms with Crippen LogP contribution >= 0.6 is 0 Å². The molecule has 0 amide bonds. The van der Waals surface area contributed by atoms with Crippen LogP contribution in [0.3, 0.4) is 0 Å². The summed E-state index contributed by atoms with van der Waals surface area (Å²) < 4.78 is 17.5. The van der Waals surface area contributed by atoms with Crippen molar-refractivity contribution in [1.29, 1.82) is 0 Å². The quantitative estimate of drug-likeness (QED) is 0.346. The Morgan fingerprint density at radius 3 is 2.70 bits per heavy atom. The number of aliphatic carboxylic acids is 1. The van der Waals surface area contributed by atoms with Crippen LogP contribution in [0.25, 0.3) is 0 Å². The molecule has 2 fully saturated rings. The Kier molecular flexibility index (Phi) is 4.62. The van der Waals surface area contributed by atoms with Gasteiger partial charge in [0.25, 0.3) is 0 Å². The summed E-state index contributed by atoms with van der Waals surface area (Å²) in [5.74, 6) is -0.625. The van der Waals surface area contributed by atoms with Crippen molar-refractivity contribution in [3.05, 3.63) is 35.4 Å². The molecule has 2 saturated heterocycles. The Balaban J connectivity index is 1.41. The number of nitrogens with zero attached hydrogens (tertiary/aromatic N) is 1. The summed E-state index contributed by atoms with van der Waals surface area (Å²) in [7, 11) is 2.12. The van der Waals surface area contributed by atoms with Gasteiger partial charge in [-0.2, -0.15) is 0 Å². The maximum atomic E-state index is 11.4. The molecule has 10 heteroatoms. The third-order valence-corrected chi connectivity index (χ3v) is 8.19. The van der Waals surface area contributed by atoms with Gasteiger partial charge in [-0.3, -0.25) is 0 Å². The number of carbonyl (C=O) groups is 1. The molecule has 1 aromatic rings. The van der Waals surface area contributed by atoms with Crippen molar-refractivity contribution < 1.29 is 44.5 Å². The monoisotopic (exact) mass is 461 g/mol. The van der Waals surface area contributed by atoms with Crippen LogP contribution in [0.1, 0.15) is 17.5 Å². The summed E-state index contributed by atoms with van der Waals surface area (Å²) in [4.78, 5) is 13.8. The third-order valence-electron chi connectivity index (χ3n) is 8.19. The van der Waals surface area contributed by atoms with Gasteiger partial charge in [0.15, 0.2) is 17.6 Å². The van der Waals surface area contributed by atoms with Crippen molar-refractivity contribution in [2.45, 2.75) is 67.2 Å². The molecule has 33 heavy (non-hydrogen) atoms. The van der Waals surface area contributed by atoms with Gasteiger partial charge in [-0.05, 0) is 38.1 Å². The molecule has 0 saturated carbocycles. The fourth-order valence-electron chi connectivity index (χ4n) is 6.60. The molecule has 178 valence electrons. The van der Waals surface area contributed by atoms with Gasteiger partial charge >= 0.3 is 5.97 Å². The highest BCUT2D eigenvalue weighted by Gasteiger charge is 2.64. The lowest BCUT2D eigenvalue weighted by Gasteiger charge is -2.56. The molecular weight excluding hydrogens is 434 g/mol. The maximum absolute atomic E-state index is 11.4. The molecular formula is C23H27NO9. The SMILES string of the molecule is CN1CC[C@]23c4c5ccc(OC6OC(C(=O)O)[C@@H](O)C(O)[C@H]6O)c4OC2C(O)C=CC3[C@H]1C5. The predicted molar refractivity (Wildman–Crippen MR) is 111 cm³/mol. The second-order valence-corrected chi connectivity index (χ2v) is 9.76. The van der Waals surface area contributed by atoms with Crippen molar-refractivity contribution in [3.63, 3.8) is 0 Å². The van der Waals surface area contributed by atoms with Gasteiger partial charge in [-0.15, -0.1) is 0 Å². The number of carboxylic acid groups (broad SMARTS) is 1. The van der Waals surface area contributed by atoms with E-state index in [4.69, 9.17) is 14.2 Å². The molecule has 2 aliphatic carbocycles. The van der Waals surface area contributed by atoms with Crippen LogP contribution in [0.5, 0.6) is 11.5 Å². The summed E-state index contributed by atoms with van der Waals surface area (Å²) >= 11 is 0. The molecule has 2 bridgehead atoms. The summed E-state index contributed by atoms with van der Waals surface area (Å²) in [6.07, 6.45) is -4.29. The molecule has 1 spiro atoms. The van der Waals surface area contributed by atoms with Crippen LogP contribution in [-0.4, -0.2) is 98.9 Å². The smallest absolute Gasteiger partial charge is 0.335 e. The van der Waals surface area contributed by atoms with E-state index in [1.165, 1.54) is 0 Å². The summed E-state index contributed by atoms with van der Waals surface area (Å²) in [5.41, 5.74) is 1.70. The second-order valence-electron chi connectivity index (χ2n) is 9.76. The number of hydrogen-bond donors (Lipinski definition) is 5. The Hall–Kier alpha value is -2.21. The van der Waals surface area contributed by atoms with E-state index in [0.29, 0.717) is 5.75 Å². The Bertz CT molecular complexity index is 1030. The zero-order valence-corrected chi connectivity index (χ0v) is 17.9. The molecule has 5 N–H and O–H groups in total. The van der Waals surface area contributed by atoms with Crippen LogP contribution in [0, 0.1) is 5.92 Å². The number of rotatable bonds is 3. The van der Waals surface area contributed by atoms with Gasteiger partial charge in [-0.1, -0.05) is 18.2 Å². The zero-order chi connectivity index (χ0) is 23.2. The van der Waals surface area contributed by atoms with Crippen molar-refractivity contribution >= 4 is 5.97 Å². The normalized spacial score (nSPS) is 45.3. The molecule has 10 atom stereocenters. The zero-order valence-electron chi connectivity index (χ0n) is 17.9. The van der Waals surface area contributed by atoms with Crippen molar-refractivity contribution in [3.8, 4) is 11.5 Å². The van der Waals surface area contributed by atoms with E-state index in [1.807, 2.05) is 6.07 Å². The molecule has 5 aliphatic rings. The maximum Gasteiger partial charge on any atom is 0.335 e. The average Bonchev–Trinajstić information content (AvgIpc) is 3.14. The van der Waals surface area contributed by atoms with Gasteiger partial charge in [0, 0.05) is 22.9 Å². The fourth-order valence-corrected chi connectivity index (χ4v) is 6.60. The first-order chi connectivity index (χ1) is 15.7. The molecule has 6 rings (SSSR count). The first kappa shape index (κ1) is 21.3. The van der Waals surface area contributed by atoms with Crippen LogP contribution in [0.15, 0.2) is 24.3 Å². The number of benzene rings is 1. The molecule has 1 aromatic carbocycles. The predicted octanol–water partition coefficient (Wildman–Crippen LogP) is -1.24. The number of likely N-dealkylation sites (tertiary alicyclic amines) is 1. The van der Waals surface area contributed by atoms with E-state index in [2.05, 4.69) is 18.0 Å². The molecule has 0 aromatic heterocycles. The summed E-state index contributed by atoms with van der Waals surface area (Å²) in [5, 5.41) is 50.6. The first-order valence-corrected chi connectivity index (χ1v) is 11.2. The molecule has 3 aliphatic heterocycles. The number of piperidine rings is 1. The van der Waals surface area contributed by atoms with E-state index in [-0.39, 0.29) is 17.7 Å².